The predicted molar refractivity (Wildman–Crippen MR) is 109 cm³/mol. The Morgan fingerprint density at radius 3 is 2.81 bits per heavy atom. The molecule has 1 atom stereocenters. The van der Waals surface area contributed by atoms with Gasteiger partial charge in [0, 0.05) is 16.3 Å². The monoisotopic (exact) mass is 419 g/mol. The molecule has 1 aliphatic rings. The van der Waals surface area contributed by atoms with Crippen LogP contribution in [0.25, 0.3) is 20.7 Å². The van der Waals surface area contributed by atoms with E-state index in [1.807, 2.05) is 30.3 Å². The number of hydrogen-bond acceptors (Lipinski definition) is 7. The van der Waals surface area contributed by atoms with Gasteiger partial charge in [0.05, 0.1) is 17.3 Å². The van der Waals surface area contributed by atoms with Gasteiger partial charge in [-0.2, -0.15) is 0 Å². The van der Waals surface area contributed by atoms with Crippen molar-refractivity contribution in [1.82, 2.24) is 15.3 Å². The van der Waals surface area contributed by atoms with Crippen LogP contribution >= 0.6 is 23.1 Å². The van der Waals surface area contributed by atoms with Gasteiger partial charge in [-0.1, -0.05) is 42.1 Å². The van der Waals surface area contributed by atoms with Gasteiger partial charge in [0.15, 0.2) is 9.84 Å². The molecule has 0 spiro atoms. The number of fused-ring (bicyclic) bond motifs is 1. The van der Waals surface area contributed by atoms with Gasteiger partial charge in [0.2, 0.25) is 5.91 Å². The number of thiophene rings is 1. The van der Waals surface area contributed by atoms with E-state index in [1.165, 1.54) is 18.1 Å². The van der Waals surface area contributed by atoms with Gasteiger partial charge in [-0.05, 0) is 18.1 Å². The molecular formula is C18H17N3O3S3. The average Bonchev–Trinajstić information content (AvgIpc) is 3.24. The number of nitrogens with one attached hydrogen (secondary N) is 1. The molecule has 0 saturated carbocycles. The number of rotatable bonds is 5. The van der Waals surface area contributed by atoms with Crippen molar-refractivity contribution >= 4 is 49.1 Å². The van der Waals surface area contributed by atoms with Gasteiger partial charge in [-0.15, -0.1) is 11.3 Å². The summed E-state index contributed by atoms with van der Waals surface area (Å²) < 4.78 is 23.0. The summed E-state index contributed by atoms with van der Waals surface area (Å²) in [4.78, 5) is 22.8. The van der Waals surface area contributed by atoms with Crippen molar-refractivity contribution in [1.29, 1.82) is 0 Å². The minimum atomic E-state index is -3.00. The first-order chi connectivity index (χ1) is 13.0. The number of aromatic nitrogens is 2. The van der Waals surface area contributed by atoms with E-state index in [0.717, 1.165) is 25.7 Å². The Balaban J connectivity index is 1.46. The molecule has 1 N–H and O–H groups in total. The van der Waals surface area contributed by atoms with E-state index in [1.54, 1.807) is 11.3 Å². The second kappa shape index (κ2) is 7.57. The van der Waals surface area contributed by atoms with Crippen molar-refractivity contribution in [3.63, 3.8) is 0 Å². The Hall–Kier alpha value is -1.97. The molecule has 1 aliphatic heterocycles. The lowest BCUT2D eigenvalue weighted by Gasteiger charge is -2.10. The highest BCUT2D eigenvalue weighted by Crippen LogP contribution is 2.36. The summed E-state index contributed by atoms with van der Waals surface area (Å²) in [7, 11) is -3.00. The van der Waals surface area contributed by atoms with E-state index >= 15 is 0 Å². The summed E-state index contributed by atoms with van der Waals surface area (Å²) in [6.45, 7) is 0. The molecular weight excluding hydrogens is 402 g/mol. The first kappa shape index (κ1) is 18.4. The smallest absolute Gasteiger partial charge is 0.230 e. The maximum absolute atomic E-state index is 12.2. The molecule has 1 amide bonds. The zero-order valence-electron chi connectivity index (χ0n) is 14.3. The highest BCUT2D eigenvalue weighted by molar-refractivity contribution is 8.00. The van der Waals surface area contributed by atoms with Crippen molar-refractivity contribution in [2.45, 2.75) is 17.5 Å². The number of carbonyl (C=O) groups excluding carboxylic acids is 1. The summed E-state index contributed by atoms with van der Waals surface area (Å²) in [6, 6.07) is 11.8. The molecule has 2 aromatic heterocycles. The van der Waals surface area contributed by atoms with Crippen molar-refractivity contribution in [2.24, 2.45) is 0 Å². The number of sulfone groups is 1. The summed E-state index contributed by atoms with van der Waals surface area (Å²) in [5.74, 6) is 0.201. The lowest BCUT2D eigenvalue weighted by molar-refractivity contribution is -0.119. The molecule has 3 aromatic rings. The minimum Gasteiger partial charge on any atom is -0.352 e. The number of carbonyl (C=O) groups is 1. The van der Waals surface area contributed by atoms with Gasteiger partial charge >= 0.3 is 0 Å². The summed E-state index contributed by atoms with van der Waals surface area (Å²) >= 11 is 2.94. The fraction of sp³-hybridized carbons (Fsp3) is 0.278. The second-order valence-corrected chi connectivity index (χ2v) is 10.6. The van der Waals surface area contributed by atoms with Crippen molar-refractivity contribution in [3.05, 3.63) is 42.7 Å². The Morgan fingerprint density at radius 2 is 2.07 bits per heavy atom. The number of hydrogen-bond donors (Lipinski definition) is 1. The van der Waals surface area contributed by atoms with Gasteiger partial charge in [0.1, 0.15) is 16.2 Å². The first-order valence-electron chi connectivity index (χ1n) is 8.43. The SMILES string of the molecule is O=C(CSc1ncnc2sc(-c3ccccc3)cc12)N[C@H]1CCS(=O)(=O)C1. The van der Waals surface area contributed by atoms with Crippen LogP contribution in [0.1, 0.15) is 6.42 Å². The molecule has 0 unspecified atom stereocenters. The van der Waals surface area contributed by atoms with Crippen LogP contribution in [-0.4, -0.2) is 47.6 Å². The van der Waals surface area contributed by atoms with E-state index in [9.17, 15) is 13.2 Å². The molecule has 6 nitrogen and oxygen atoms in total. The largest absolute Gasteiger partial charge is 0.352 e. The normalized spacial score (nSPS) is 18.6. The van der Waals surface area contributed by atoms with Crippen LogP contribution in [0, 0.1) is 0 Å². The molecule has 1 saturated heterocycles. The summed E-state index contributed by atoms with van der Waals surface area (Å²) in [5.41, 5.74) is 1.12. The van der Waals surface area contributed by atoms with Crippen molar-refractivity contribution in [2.75, 3.05) is 17.3 Å². The number of amides is 1. The molecule has 0 bridgehead atoms. The summed E-state index contributed by atoms with van der Waals surface area (Å²) in [5, 5.41) is 4.49. The standard InChI is InChI=1S/C18H17N3O3S3/c22-16(21-13-6-7-27(23,24)10-13)9-25-17-14-8-15(12-4-2-1-3-5-12)26-18(14)20-11-19-17/h1-5,8,11,13H,6-7,9-10H2,(H,21,22)/t13-/m0/s1. The molecule has 0 aliphatic carbocycles. The van der Waals surface area contributed by atoms with Gasteiger partial charge < -0.3 is 5.32 Å². The van der Waals surface area contributed by atoms with Crippen LogP contribution in [0.3, 0.4) is 0 Å². The molecule has 1 fully saturated rings. The van der Waals surface area contributed by atoms with Gasteiger partial charge in [-0.3, -0.25) is 4.79 Å². The average molecular weight is 420 g/mol. The fourth-order valence-corrected chi connectivity index (χ4v) is 6.53. The second-order valence-electron chi connectivity index (χ2n) is 6.33. The summed E-state index contributed by atoms with van der Waals surface area (Å²) in [6.07, 6.45) is 2.00. The first-order valence-corrected chi connectivity index (χ1v) is 12.0. The van der Waals surface area contributed by atoms with E-state index in [-0.39, 0.29) is 29.2 Å². The quantitative estimate of drug-likeness (QED) is 0.505. The van der Waals surface area contributed by atoms with Crippen LogP contribution in [-0.2, 0) is 14.6 Å². The predicted octanol–water partition coefficient (Wildman–Crippen LogP) is 2.75. The Morgan fingerprint density at radius 1 is 1.26 bits per heavy atom. The third kappa shape index (κ3) is 4.31. The topological polar surface area (TPSA) is 89.0 Å². The zero-order chi connectivity index (χ0) is 18.9. The van der Waals surface area contributed by atoms with E-state index in [2.05, 4.69) is 21.4 Å². The van der Waals surface area contributed by atoms with Crippen LogP contribution in [0.5, 0.6) is 0 Å². The van der Waals surface area contributed by atoms with Crippen LogP contribution in [0.2, 0.25) is 0 Å². The maximum Gasteiger partial charge on any atom is 0.230 e. The third-order valence-electron chi connectivity index (χ3n) is 4.29. The Kier molecular flexibility index (Phi) is 5.16. The van der Waals surface area contributed by atoms with Crippen LogP contribution in [0.4, 0.5) is 0 Å². The van der Waals surface area contributed by atoms with Crippen molar-refractivity contribution in [3.8, 4) is 10.4 Å². The molecule has 1 aromatic carbocycles. The lowest BCUT2D eigenvalue weighted by Crippen LogP contribution is -2.36. The van der Waals surface area contributed by atoms with Gasteiger partial charge in [0.25, 0.3) is 0 Å². The molecule has 4 rings (SSSR count). The van der Waals surface area contributed by atoms with Crippen LogP contribution in [0.15, 0.2) is 47.8 Å². The molecule has 3 heterocycles. The number of benzene rings is 1. The highest BCUT2D eigenvalue weighted by Gasteiger charge is 2.28. The minimum absolute atomic E-state index is 0.0339. The van der Waals surface area contributed by atoms with E-state index < -0.39 is 9.84 Å². The van der Waals surface area contributed by atoms with Crippen LogP contribution < -0.4 is 5.32 Å². The van der Waals surface area contributed by atoms with E-state index in [0.29, 0.717) is 6.42 Å². The highest BCUT2D eigenvalue weighted by atomic mass is 32.2. The lowest BCUT2D eigenvalue weighted by atomic mass is 10.2. The Bertz CT molecular complexity index is 1080. The third-order valence-corrected chi connectivity index (χ3v) is 8.15. The fourth-order valence-electron chi connectivity index (χ4n) is 3.01. The van der Waals surface area contributed by atoms with Gasteiger partial charge in [-0.25, -0.2) is 18.4 Å². The number of nitrogens with zero attached hydrogens (tertiary/aromatic N) is 2. The number of thioether (sulfide) groups is 1. The Labute approximate surface area is 165 Å². The van der Waals surface area contributed by atoms with Crippen molar-refractivity contribution < 1.29 is 13.2 Å². The van der Waals surface area contributed by atoms with E-state index in [4.69, 9.17) is 0 Å². The molecule has 0 radical (unpaired) electrons. The maximum atomic E-state index is 12.2. The molecule has 140 valence electrons. The molecule has 27 heavy (non-hydrogen) atoms. The zero-order valence-corrected chi connectivity index (χ0v) is 16.7. The molecule has 9 heteroatoms.